The van der Waals surface area contributed by atoms with E-state index in [0.717, 1.165) is 76.8 Å². The predicted octanol–water partition coefficient (Wildman–Crippen LogP) is 5.96. The second-order valence-electron chi connectivity index (χ2n) is 13.6. The molecule has 0 saturated carbocycles. The van der Waals surface area contributed by atoms with Crippen LogP contribution in [-0.4, -0.2) is 48.1 Å². The summed E-state index contributed by atoms with van der Waals surface area (Å²) in [6, 6.07) is 13.5. The SMILES string of the molecule is CC(=O)N1CCCc2cc(-c3cn(C(C)C)c4ncnc(N)c34)ccc21.CC(C)n1cc(-c2ccc3c(c2)CCCN3)c2c(N)ncnc21.I[I-]I. The third-order valence-corrected chi connectivity index (χ3v) is 9.63. The fourth-order valence-corrected chi connectivity index (χ4v) is 7.18. The molecule has 14 heteroatoms. The van der Waals surface area contributed by atoms with Crippen LogP contribution in [0.15, 0.2) is 61.4 Å². The monoisotopic (exact) mass is 1040 g/mol. The summed E-state index contributed by atoms with van der Waals surface area (Å²) in [6.07, 6.45) is 11.6. The number of rotatable bonds is 4. The Morgan fingerprint density at radius 2 is 1.31 bits per heavy atom. The molecule has 2 aliphatic heterocycles. The number of anilines is 4. The van der Waals surface area contributed by atoms with Crippen molar-refractivity contribution in [3.8, 4) is 22.3 Å². The number of nitrogens with one attached hydrogen (secondary N) is 1. The summed E-state index contributed by atoms with van der Waals surface area (Å²) in [4.78, 5) is 31.1. The first-order valence-electron chi connectivity index (χ1n) is 17.4. The van der Waals surface area contributed by atoms with E-state index >= 15 is 0 Å². The first kappa shape index (κ1) is 38.5. The summed E-state index contributed by atoms with van der Waals surface area (Å²) in [5.41, 5.74) is 23.4. The Kier molecular flexibility index (Phi) is 12.4. The van der Waals surface area contributed by atoms with Crippen molar-refractivity contribution in [3.05, 3.63) is 72.6 Å². The van der Waals surface area contributed by atoms with Crippen LogP contribution in [0.25, 0.3) is 44.3 Å². The Bertz CT molecular complexity index is 2230. The molecular weight excluding hydrogens is 993 g/mol. The fraction of sp³-hybridized carbons (Fsp3) is 0.342. The van der Waals surface area contributed by atoms with Crippen molar-refractivity contribution in [2.24, 2.45) is 0 Å². The van der Waals surface area contributed by atoms with Crippen molar-refractivity contribution in [3.63, 3.8) is 0 Å². The molecule has 0 aliphatic carbocycles. The molecule has 0 radical (unpaired) electrons. The van der Waals surface area contributed by atoms with Crippen LogP contribution in [0, 0.1) is 0 Å². The van der Waals surface area contributed by atoms with Crippen LogP contribution < -0.4 is 34.9 Å². The van der Waals surface area contributed by atoms with Gasteiger partial charge in [-0.05, 0) is 99.9 Å². The molecule has 6 aromatic rings. The molecule has 11 nitrogen and oxygen atoms in total. The third-order valence-electron chi connectivity index (χ3n) is 9.63. The van der Waals surface area contributed by atoms with E-state index in [-0.39, 0.29) is 11.9 Å². The van der Waals surface area contributed by atoms with Crippen LogP contribution in [-0.2, 0) is 17.6 Å². The number of hydrogen-bond donors (Lipinski definition) is 3. The zero-order valence-corrected chi connectivity index (χ0v) is 36.5. The molecular formula is C38H44I3N10O-. The number of fused-ring (bicyclic) bond motifs is 4. The number of carbonyl (C=O) groups excluding carboxylic acids is 1. The van der Waals surface area contributed by atoms with E-state index in [9.17, 15) is 4.79 Å². The summed E-state index contributed by atoms with van der Waals surface area (Å²) in [5.74, 6) is 1.13. The van der Waals surface area contributed by atoms with Gasteiger partial charge >= 0.3 is 50.5 Å². The molecule has 0 fully saturated rings. The summed E-state index contributed by atoms with van der Waals surface area (Å²) in [6.45, 7) is 12.0. The van der Waals surface area contributed by atoms with Crippen molar-refractivity contribution < 1.29 is 18.0 Å². The maximum absolute atomic E-state index is 11.9. The summed E-state index contributed by atoms with van der Waals surface area (Å²) < 4.78 is 4.30. The van der Waals surface area contributed by atoms with E-state index in [1.54, 1.807) is 6.92 Å². The number of amides is 1. The van der Waals surface area contributed by atoms with Crippen LogP contribution >= 0.6 is 37.2 Å². The van der Waals surface area contributed by atoms with Crippen molar-refractivity contribution in [2.45, 2.75) is 72.4 Å². The molecule has 0 spiro atoms. The van der Waals surface area contributed by atoms with Gasteiger partial charge in [-0.3, -0.25) is 4.79 Å². The molecule has 8 rings (SSSR count). The van der Waals surface area contributed by atoms with Crippen LogP contribution in [0.5, 0.6) is 0 Å². The van der Waals surface area contributed by atoms with E-state index in [1.165, 1.54) is 41.5 Å². The molecule has 2 aromatic carbocycles. The normalized spacial score (nSPS) is 13.7. The number of aromatic nitrogens is 6. The van der Waals surface area contributed by atoms with Gasteiger partial charge in [-0.15, -0.1) is 0 Å². The minimum absolute atomic E-state index is 0.0905. The number of hydrogen-bond acceptors (Lipinski definition) is 8. The Morgan fingerprint density at radius 3 is 1.85 bits per heavy atom. The van der Waals surface area contributed by atoms with Gasteiger partial charge in [-0.25, -0.2) is 19.9 Å². The van der Waals surface area contributed by atoms with Gasteiger partial charge in [0.15, 0.2) is 0 Å². The summed E-state index contributed by atoms with van der Waals surface area (Å²) >= 11 is 5.30. The van der Waals surface area contributed by atoms with Crippen LogP contribution in [0.2, 0.25) is 0 Å². The second-order valence-corrected chi connectivity index (χ2v) is 29.8. The van der Waals surface area contributed by atoms with Crippen LogP contribution in [0.3, 0.4) is 0 Å². The average molecular weight is 1040 g/mol. The molecule has 52 heavy (non-hydrogen) atoms. The molecule has 5 N–H and O–H groups in total. The zero-order chi connectivity index (χ0) is 37.1. The van der Waals surface area contributed by atoms with Crippen LogP contribution in [0.1, 0.15) is 70.7 Å². The number of benzene rings is 2. The fourth-order valence-electron chi connectivity index (χ4n) is 7.18. The second kappa shape index (κ2) is 16.8. The van der Waals surface area contributed by atoms with Gasteiger partial charge in [0.1, 0.15) is 35.6 Å². The van der Waals surface area contributed by atoms with Gasteiger partial charge in [-0.2, -0.15) is 0 Å². The molecule has 4 aromatic heterocycles. The Hall–Kier alpha value is -3.26. The molecule has 1 amide bonds. The topological polar surface area (TPSA) is 146 Å². The number of aryl methyl sites for hydroxylation is 2. The van der Waals surface area contributed by atoms with E-state index < -0.39 is 0 Å². The van der Waals surface area contributed by atoms with Crippen LogP contribution in [0.4, 0.5) is 23.0 Å². The van der Waals surface area contributed by atoms with Crippen molar-refractivity contribution in [1.29, 1.82) is 0 Å². The number of nitrogen functional groups attached to an aromatic ring is 2. The molecule has 0 unspecified atom stereocenters. The molecule has 6 heterocycles. The number of carbonyl (C=O) groups is 1. The standard InChI is InChI=1S/C20H23N5O.C18H21N5.I3/c1-12(2)25-10-16(18-19(21)22-11-23-20(18)25)14-6-7-17-15(9-14)5-4-8-24(17)13(3)26;1-11(2)23-9-14(16-17(19)21-10-22-18(16)23)12-5-6-15-13(8-12)4-3-7-20-15;1-3-2/h6-7,9-12H,4-5,8H2,1-3H3,(H2,21,22,23);5-6,8-11,20H,3-4,7H2,1-2H3,(H2,19,21,22);/q;;-1. The van der Waals surface area contributed by atoms with Gasteiger partial charge in [0.2, 0.25) is 5.91 Å². The summed E-state index contributed by atoms with van der Waals surface area (Å²) in [5, 5.41) is 5.30. The molecule has 274 valence electrons. The van der Waals surface area contributed by atoms with E-state index in [4.69, 9.17) is 11.5 Å². The molecule has 2 aliphatic rings. The van der Waals surface area contributed by atoms with E-state index in [1.807, 2.05) is 11.0 Å². The van der Waals surface area contributed by atoms with Gasteiger partial charge in [-0.1, -0.05) is 12.1 Å². The van der Waals surface area contributed by atoms with Gasteiger partial charge in [0.05, 0.1) is 10.8 Å². The van der Waals surface area contributed by atoms with Crippen molar-refractivity contribution >= 4 is 88.2 Å². The molecule has 0 atom stereocenters. The quantitative estimate of drug-likeness (QED) is 0.184. The maximum atomic E-state index is 11.9. The molecule has 0 saturated heterocycles. The minimum atomic E-state index is 0.0905. The predicted molar refractivity (Wildman–Crippen MR) is 227 cm³/mol. The van der Waals surface area contributed by atoms with E-state index in [2.05, 4.69) is 142 Å². The summed E-state index contributed by atoms with van der Waals surface area (Å²) in [7, 11) is 0. The number of halogens is 3. The number of nitrogens with two attached hydrogens (primary N) is 2. The third kappa shape index (κ3) is 7.83. The van der Waals surface area contributed by atoms with Gasteiger partial charge in [0, 0.05) is 67.0 Å². The van der Waals surface area contributed by atoms with Gasteiger partial charge < -0.3 is 30.8 Å². The van der Waals surface area contributed by atoms with E-state index in [0.29, 0.717) is 30.9 Å². The Morgan fingerprint density at radius 1 is 0.788 bits per heavy atom. The molecule has 0 bridgehead atoms. The average Bonchev–Trinajstić information content (AvgIpc) is 3.73. The zero-order valence-electron chi connectivity index (χ0n) is 30.0. The Balaban J connectivity index is 0.000000167. The first-order chi connectivity index (χ1) is 25.0. The Labute approximate surface area is 334 Å². The van der Waals surface area contributed by atoms with Crippen molar-refractivity contribution in [2.75, 3.05) is 34.8 Å². The van der Waals surface area contributed by atoms with Gasteiger partial charge in [0.25, 0.3) is 0 Å². The number of nitrogens with zero attached hydrogens (tertiary/aromatic N) is 7. The van der Waals surface area contributed by atoms with Crippen molar-refractivity contribution in [1.82, 2.24) is 29.1 Å². The first-order valence-corrected chi connectivity index (χ1v) is 30.0.